The summed E-state index contributed by atoms with van der Waals surface area (Å²) < 4.78 is 16.5. The van der Waals surface area contributed by atoms with E-state index in [9.17, 15) is 4.79 Å². The lowest BCUT2D eigenvalue weighted by molar-refractivity contribution is -0.0629. The minimum atomic E-state index is -0.412. The molecule has 0 radical (unpaired) electrons. The van der Waals surface area contributed by atoms with Crippen LogP contribution < -0.4 is 5.32 Å². The van der Waals surface area contributed by atoms with Crippen LogP contribution in [0.15, 0.2) is 30.3 Å². The maximum atomic E-state index is 11.7. The summed E-state index contributed by atoms with van der Waals surface area (Å²) in [7, 11) is 1.67. The predicted octanol–water partition coefficient (Wildman–Crippen LogP) is 2.89. The summed E-state index contributed by atoms with van der Waals surface area (Å²) in [5.41, 5.74) is 1.12. The molecule has 1 saturated carbocycles. The fourth-order valence-corrected chi connectivity index (χ4v) is 2.84. The van der Waals surface area contributed by atoms with Gasteiger partial charge in [0.15, 0.2) is 0 Å². The summed E-state index contributed by atoms with van der Waals surface area (Å²) in [5, 5.41) is 2.90. The number of hydrogen-bond acceptors (Lipinski definition) is 4. The van der Waals surface area contributed by atoms with Crippen molar-refractivity contribution in [1.82, 2.24) is 5.32 Å². The van der Waals surface area contributed by atoms with Crippen molar-refractivity contribution in [3.05, 3.63) is 35.9 Å². The lowest BCUT2D eigenvalue weighted by Crippen LogP contribution is -2.54. The van der Waals surface area contributed by atoms with E-state index in [2.05, 4.69) is 5.32 Å². The number of benzene rings is 1. The van der Waals surface area contributed by atoms with Crippen LogP contribution in [0.5, 0.6) is 0 Å². The number of amides is 1. The Hall–Kier alpha value is -1.59. The molecule has 0 aliphatic heterocycles. The lowest BCUT2D eigenvalue weighted by Gasteiger charge is -2.37. The van der Waals surface area contributed by atoms with Gasteiger partial charge in [-0.1, -0.05) is 30.3 Å². The molecule has 0 bridgehead atoms. The molecule has 1 aromatic carbocycles. The summed E-state index contributed by atoms with van der Waals surface area (Å²) in [4.78, 5) is 11.7. The van der Waals surface area contributed by atoms with Crippen LogP contribution in [0.1, 0.15) is 31.7 Å². The van der Waals surface area contributed by atoms with Crippen LogP contribution in [0.4, 0.5) is 4.79 Å². The highest BCUT2D eigenvalue weighted by atomic mass is 16.6. The number of carbonyl (C=O) groups excluding carboxylic acids is 1. The molecule has 22 heavy (non-hydrogen) atoms. The molecule has 1 aromatic rings. The molecule has 1 fully saturated rings. The average molecular weight is 307 g/mol. The quantitative estimate of drug-likeness (QED) is 0.878. The second-order valence-corrected chi connectivity index (χ2v) is 5.43. The third-order valence-electron chi connectivity index (χ3n) is 3.95. The molecular weight excluding hydrogens is 282 g/mol. The third-order valence-corrected chi connectivity index (χ3v) is 3.95. The van der Waals surface area contributed by atoms with Crippen LogP contribution in [0, 0.1) is 0 Å². The molecule has 5 heteroatoms. The minimum Gasteiger partial charge on any atom is -0.450 e. The standard InChI is InChI=1S/C17H25NO4/c1-3-21-17(19)18-16-14(20-2)10-7-11-15(16)22-12-13-8-5-4-6-9-13/h4-6,8-9,14-16H,3,7,10-12H2,1-2H3,(H,18,19)/t14-,15+,16+/m1/s1. The third kappa shape index (κ3) is 4.71. The molecule has 1 aliphatic carbocycles. The van der Waals surface area contributed by atoms with E-state index in [-0.39, 0.29) is 18.2 Å². The van der Waals surface area contributed by atoms with Crippen LogP contribution in [-0.4, -0.2) is 38.1 Å². The summed E-state index contributed by atoms with van der Waals surface area (Å²) in [6.07, 6.45) is 2.33. The van der Waals surface area contributed by atoms with Gasteiger partial charge in [0.05, 0.1) is 31.5 Å². The molecule has 5 nitrogen and oxygen atoms in total. The van der Waals surface area contributed by atoms with Gasteiger partial charge in [0.1, 0.15) is 0 Å². The van der Waals surface area contributed by atoms with Crippen molar-refractivity contribution >= 4 is 6.09 Å². The highest BCUT2D eigenvalue weighted by molar-refractivity contribution is 5.67. The highest BCUT2D eigenvalue weighted by Crippen LogP contribution is 2.25. The van der Waals surface area contributed by atoms with Crippen LogP contribution in [0.3, 0.4) is 0 Å². The molecule has 0 spiro atoms. The van der Waals surface area contributed by atoms with Gasteiger partial charge in [-0.05, 0) is 31.7 Å². The SMILES string of the molecule is CCOC(=O)N[C@@H]1[C@@H](OCc2ccccc2)CCC[C@H]1OC. The number of methoxy groups -OCH3 is 1. The number of rotatable bonds is 6. The summed E-state index contributed by atoms with van der Waals surface area (Å²) >= 11 is 0. The number of ether oxygens (including phenoxy) is 3. The summed E-state index contributed by atoms with van der Waals surface area (Å²) in [5.74, 6) is 0. The van der Waals surface area contributed by atoms with E-state index in [4.69, 9.17) is 14.2 Å². The molecule has 0 heterocycles. The lowest BCUT2D eigenvalue weighted by atomic mass is 9.89. The Morgan fingerprint density at radius 1 is 1.23 bits per heavy atom. The van der Waals surface area contributed by atoms with Gasteiger partial charge in [0.25, 0.3) is 0 Å². The Bertz CT molecular complexity index is 451. The molecule has 1 amide bonds. The van der Waals surface area contributed by atoms with Crippen molar-refractivity contribution in [3.8, 4) is 0 Å². The van der Waals surface area contributed by atoms with Gasteiger partial charge in [-0.25, -0.2) is 4.79 Å². The zero-order chi connectivity index (χ0) is 15.8. The number of nitrogens with one attached hydrogen (secondary N) is 1. The number of alkyl carbamates (subject to hydrolysis) is 1. The fraction of sp³-hybridized carbons (Fsp3) is 0.588. The zero-order valence-electron chi connectivity index (χ0n) is 13.3. The van der Waals surface area contributed by atoms with E-state index in [1.54, 1.807) is 14.0 Å². The molecule has 1 N–H and O–H groups in total. The van der Waals surface area contributed by atoms with Crippen LogP contribution >= 0.6 is 0 Å². The van der Waals surface area contributed by atoms with E-state index in [0.29, 0.717) is 13.2 Å². The van der Waals surface area contributed by atoms with Crippen molar-refractivity contribution in [1.29, 1.82) is 0 Å². The normalized spacial score (nSPS) is 24.7. The first-order chi connectivity index (χ1) is 10.7. The molecule has 1 aliphatic rings. The van der Waals surface area contributed by atoms with E-state index < -0.39 is 6.09 Å². The van der Waals surface area contributed by atoms with Gasteiger partial charge >= 0.3 is 6.09 Å². The number of carbonyl (C=O) groups is 1. The molecule has 0 unspecified atom stereocenters. The molecule has 0 aromatic heterocycles. The van der Waals surface area contributed by atoms with E-state index >= 15 is 0 Å². The first-order valence-electron chi connectivity index (χ1n) is 7.86. The predicted molar refractivity (Wildman–Crippen MR) is 83.6 cm³/mol. The van der Waals surface area contributed by atoms with Gasteiger partial charge < -0.3 is 19.5 Å². The van der Waals surface area contributed by atoms with Crippen LogP contribution in [0.2, 0.25) is 0 Å². The van der Waals surface area contributed by atoms with E-state index in [1.165, 1.54) is 0 Å². The van der Waals surface area contributed by atoms with Crippen LogP contribution in [-0.2, 0) is 20.8 Å². The number of hydrogen-bond donors (Lipinski definition) is 1. The Morgan fingerprint density at radius 2 is 1.95 bits per heavy atom. The van der Waals surface area contributed by atoms with Crippen molar-refractivity contribution in [2.75, 3.05) is 13.7 Å². The average Bonchev–Trinajstić information content (AvgIpc) is 2.55. The largest absolute Gasteiger partial charge is 0.450 e. The molecular formula is C17H25NO4. The second-order valence-electron chi connectivity index (χ2n) is 5.43. The molecule has 0 saturated heterocycles. The highest BCUT2D eigenvalue weighted by Gasteiger charge is 2.35. The fourth-order valence-electron chi connectivity index (χ4n) is 2.84. The smallest absolute Gasteiger partial charge is 0.407 e. The van der Waals surface area contributed by atoms with Crippen molar-refractivity contribution in [3.63, 3.8) is 0 Å². The molecule has 3 atom stereocenters. The minimum absolute atomic E-state index is 0.0427. The maximum Gasteiger partial charge on any atom is 0.407 e. The second kappa shape index (κ2) is 8.76. The first kappa shape index (κ1) is 16.8. The first-order valence-corrected chi connectivity index (χ1v) is 7.86. The van der Waals surface area contributed by atoms with Gasteiger partial charge in [-0.15, -0.1) is 0 Å². The summed E-state index contributed by atoms with van der Waals surface area (Å²) in [6, 6.07) is 9.85. The summed E-state index contributed by atoms with van der Waals surface area (Å²) in [6.45, 7) is 2.67. The topological polar surface area (TPSA) is 56.8 Å². The van der Waals surface area contributed by atoms with E-state index in [0.717, 1.165) is 24.8 Å². The van der Waals surface area contributed by atoms with Gasteiger partial charge in [0.2, 0.25) is 0 Å². The Balaban J connectivity index is 1.97. The van der Waals surface area contributed by atoms with Crippen LogP contribution in [0.25, 0.3) is 0 Å². The van der Waals surface area contributed by atoms with Gasteiger partial charge in [-0.2, -0.15) is 0 Å². The van der Waals surface area contributed by atoms with E-state index in [1.807, 2.05) is 30.3 Å². The molecule has 2 rings (SSSR count). The van der Waals surface area contributed by atoms with Gasteiger partial charge in [-0.3, -0.25) is 0 Å². The van der Waals surface area contributed by atoms with Crippen molar-refractivity contribution in [2.45, 2.75) is 51.0 Å². The Morgan fingerprint density at radius 3 is 2.64 bits per heavy atom. The monoisotopic (exact) mass is 307 g/mol. The van der Waals surface area contributed by atoms with Gasteiger partial charge in [0, 0.05) is 7.11 Å². The Labute approximate surface area is 131 Å². The zero-order valence-corrected chi connectivity index (χ0v) is 13.3. The maximum absolute atomic E-state index is 11.7. The molecule has 122 valence electrons. The van der Waals surface area contributed by atoms with Crippen molar-refractivity contribution in [2.24, 2.45) is 0 Å². The Kier molecular flexibility index (Phi) is 6.68. The van der Waals surface area contributed by atoms with Crippen molar-refractivity contribution < 1.29 is 19.0 Å².